The molecule has 2 heterocycles. The van der Waals surface area contributed by atoms with Crippen LogP contribution < -0.4 is 4.90 Å². The molecule has 1 unspecified atom stereocenters. The molecule has 0 aliphatic carbocycles. The first-order valence-electron chi connectivity index (χ1n) is 10.3. The molecule has 1 aromatic heterocycles. The van der Waals surface area contributed by atoms with Gasteiger partial charge in [-0.1, -0.05) is 41.4 Å². The monoisotopic (exact) mass is 463 g/mol. The van der Waals surface area contributed by atoms with E-state index in [0.29, 0.717) is 28.6 Å². The van der Waals surface area contributed by atoms with E-state index in [1.165, 1.54) is 0 Å². The maximum atomic E-state index is 13.0. The average molecular weight is 464 g/mol. The van der Waals surface area contributed by atoms with E-state index in [9.17, 15) is 9.59 Å². The molecule has 0 N–H and O–H groups in total. The molecule has 1 aliphatic heterocycles. The van der Waals surface area contributed by atoms with Crippen LogP contribution in [0.4, 0.5) is 5.69 Å². The van der Waals surface area contributed by atoms with E-state index in [0.717, 1.165) is 22.5 Å². The molecule has 1 aliphatic rings. The molecular formula is C25H19Cl2N3O2. The molecular weight excluding hydrogens is 445 g/mol. The third kappa shape index (κ3) is 3.90. The van der Waals surface area contributed by atoms with Crippen molar-refractivity contribution in [2.75, 3.05) is 11.4 Å². The summed E-state index contributed by atoms with van der Waals surface area (Å²) in [4.78, 5) is 32.4. The minimum atomic E-state index is -0.133. The number of anilines is 1. The molecule has 5 nitrogen and oxygen atoms in total. The second kappa shape index (κ2) is 8.41. The zero-order valence-corrected chi connectivity index (χ0v) is 18.6. The van der Waals surface area contributed by atoms with Crippen molar-refractivity contribution >= 4 is 51.6 Å². The molecule has 1 amide bonds. The van der Waals surface area contributed by atoms with Crippen LogP contribution in [-0.4, -0.2) is 27.8 Å². The zero-order valence-electron chi connectivity index (χ0n) is 17.0. The first kappa shape index (κ1) is 20.7. The standard InChI is InChI=1S/C25H19Cl2N3O2/c26-18-10-8-16(9-11-18)23(31)15-30-22-7-2-1-6-21(22)28-25(30)17-12-24(32)29(14-17)20-5-3-4-19(27)13-20/h1-11,13,17H,12,14-15H2. The molecule has 160 valence electrons. The lowest BCUT2D eigenvalue weighted by molar-refractivity contribution is -0.117. The van der Waals surface area contributed by atoms with Crippen LogP contribution in [0.15, 0.2) is 72.8 Å². The van der Waals surface area contributed by atoms with Crippen molar-refractivity contribution in [1.82, 2.24) is 9.55 Å². The summed E-state index contributed by atoms with van der Waals surface area (Å²) in [7, 11) is 0. The summed E-state index contributed by atoms with van der Waals surface area (Å²) in [5.74, 6) is 0.584. The fourth-order valence-electron chi connectivity index (χ4n) is 4.22. The van der Waals surface area contributed by atoms with Crippen molar-refractivity contribution in [3.63, 3.8) is 0 Å². The van der Waals surface area contributed by atoms with E-state index in [4.69, 9.17) is 28.2 Å². The minimum absolute atomic E-state index is 0.0138. The van der Waals surface area contributed by atoms with Gasteiger partial charge in [-0.3, -0.25) is 9.59 Å². The van der Waals surface area contributed by atoms with E-state index < -0.39 is 0 Å². The molecule has 3 aromatic carbocycles. The number of carbonyl (C=O) groups excluding carboxylic acids is 2. The number of nitrogens with zero attached hydrogens (tertiary/aromatic N) is 3. The van der Waals surface area contributed by atoms with Crippen LogP contribution in [0.2, 0.25) is 10.0 Å². The number of para-hydroxylation sites is 2. The van der Waals surface area contributed by atoms with Gasteiger partial charge in [0.1, 0.15) is 5.82 Å². The molecule has 4 aromatic rings. The van der Waals surface area contributed by atoms with E-state index in [-0.39, 0.29) is 24.2 Å². The summed E-state index contributed by atoms with van der Waals surface area (Å²) in [6, 6.07) is 21.9. The minimum Gasteiger partial charge on any atom is -0.320 e. The first-order valence-corrected chi connectivity index (χ1v) is 11.0. The quantitative estimate of drug-likeness (QED) is 0.354. The van der Waals surface area contributed by atoms with Gasteiger partial charge in [-0.05, 0) is 54.6 Å². The Labute approximate surface area is 195 Å². The highest BCUT2D eigenvalue weighted by Crippen LogP contribution is 2.34. The number of imidazole rings is 1. The Morgan fingerprint density at radius 2 is 1.75 bits per heavy atom. The Morgan fingerprint density at radius 3 is 2.53 bits per heavy atom. The first-order chi connectivity index (χ1) is 15.5. The molecule has 32 heavy (non-hydrogen) atoms. The second-order valence-electron chi connectivity index (χ2n) is 7.86. The number of carbonyl (C=O) groups is 2. The van der Waals surface area contributed by atoms with Crippen LogP contribution in [0, 0.1) is 0 Å². The molecule has 1 saturated heterocycles. The Hall–Kier alpha value is -3.15. The number of Topliss-reactive ketones (excluding diaryl/α,β-unsaturated/α-hetero) is 1. The number of rotatable bonds is 5. The van der Waals surface area contributed by atoms with Crippen LogP contribution in [0.3, 0.4) is 0 Å². The maximum Gasteiger partial charge on any atom is 0.227 e. The Balaban J connectivity index is 1.50. The van der Waals surface area contributed by atoms with Gasteiger partial charge < -0.3 is 9.47 Å². The van der Waals surface area contributed by atoms with Crippen LogP contribution in [0.25, 0.3) is 11.0 Å². The molecule has 5 rings (SSSR count). The van der Waals surface area contributed by atoms with Gasteiger partial charge in [0.15, 0.2) is 5.78 Å². The number of hydrogen-bond donors (Lipinski definition) is 0. The highest BCUT2D eigenvalue weighted by atomic mass is 35.5. The molecule has 0 saturated carbocycles. The van der Waals surface area contributed by atoms with Crippen molar-refractivity contribution in [1.29, 1.82) is 0 Å². The number of amides is 1. The average Bonchev–Trinajstić information content (AvgIpc) is 3.35. The number of ketones is 1. The summed E-state index contributed by atoms with van der Waals surface area (Å²) in [6.45, 7) is 0.622. The Kier molecular flexibility index (Phi) is 5.45. The second-order valence-corrected chi connectivity index (χ2v) is 8.73. The molecule has 0 bridgehead atoms. The van der Waals surface area contributed by atoms with E-state index in [2.05, 4.69) is 0 Å². The lowest BCUT2D eigenvalue weighted by Crippen LogP contribution is -2.24. The fourth-order valence-corrected chi connectivity index (χ4v) is 4.53. The van der Waals surface area contributed by atoms with Crippen molar-refractivity contribution < 1.29 is 9.59 Å². The van der Waals surface area contributed by atoms with Crippen LogP contribution in [-0.2, 0) is 11.3 Å². The molecule has 0 radical (unpaired) electrons. The highest BCUT2D eigenvalue weighted by molar-refractivity contribution is 6.31. The van der Waals surface area contributed by atoms with E-state index in [1.54, 1.807) is 41.3 Å². The van der Waals surface area contributed by atoms with Crippen molar-refractivity contribution in [2.45, 2.75) is 18.9 Å². The van der Waals surface area contributed by atoms with Gasteiger partial charge in [-0.15, -0.1) is 0 Å². The predicted molar refractivity (Wildman–Crippen MR) is 127 cm³/mol. The summed E-state index contributed by atoms with van der Waals surface area (Å²) >= 11 is 12.1. The smallest absolute Gasteiger partial charge is 0.227 e. The van der Waals surface area contributed by atoms with Gasteiger partial charge >= 0.3 is 0 Å². The van der Waals surface area contributed by atoms with Crippen molar-refractivity contribution in [3.05, 3.63) is 94.2 Å². The van der Waals surface area contributed by atoms with E-state index in [1.807, 2.05) is 41.0 Å². The predicted octanol–water partition coefficient (Wildman–Crippen LogP) is 5.75. The van der Waals surface area contributed by atoms with Crippen molar-refractivity contribution in [2.24, 2.45) is 0 Å². The molecule has 7 heteroatoms. The number of benzene rings is 3. The third-order valence-electron chi connectivity index (χ3n) is 5.76. The van der Waals surface area contributed by atoms with Gasteiger partial charge in [-0.25, -0.2) is 4.98 Å². The largest absolute Gasteiger partial charge is 0.320 e. The van der Waals surface area contributed by atoms with E-state index >= 15 is 0 Å². The normalized spacial score (nSPS) is 16.1. The zero-order chi connectivity index (χ0) is 22.2. The summed E-state index contributed by atoms with van der Waals surface area (Å²) in [6.07, 6.45) is 0.324. The number of aromatic nitrogens is 2. The number of fused-ring (bicyclic) bond motifs is 1. The number of hydrogen-bond acceptors (Lipinski definition) is 3. The third-order valence-corrected chi connectivity index (χ3v) is 6.25. The summed E-state index contributed by atoms with van der Waals surface area (Å²) in [5, 5.41) is 1.17. The summed E-state index contributed by atoms with van der Waals surface area (Å²) < 4.78 is 1.94. The van der Waals surface area contributed by atoms with Crippen LogP contribution >= 0.6 is 23.2 Å². The fraction of sp³-hybridized carbons (Fsp3) is 0.160. The van der Waals surface area contributed by atoms with Gasteiger partial charge in [-0.2, -0.15) is 0 Å². The van der Waals surface area contributed by atoms with Crippen LogP contribution in [0.5, 0.6) is 0 Å². The van der Waals surface area contributed by atoms with Crippen molar-refractivity contribution in [3.8, 4) is 0 Å². The molecule has 1 atom stereocenters. The topological polar surface area (TPSA) is 55.2 Å². The highest BCUT2D eigenvalue weighted by Gasteiger charge is 2.35. The van der Waals surface area contributed by atoms with Crippen LogP contribution in [0.1, 0.15) is 28.5 Å². The molecule has 1 fully saturated rings. The lowest BCUT2D eigenvalue weighted by Gasteiger charge is -2.17. The van der Waals surface area contributed by atoms with Gasteiger partial charge in [0.05, 0.1) is 17.6 Å². The van der Waals surface area contributed by atoms with Gasteiger partial charge in [0.2, 0.25) is 5.91 Å². The summed E-state index contributed by atoms with van der Waals surface area (Å²) in [5.41, 5.74) is 3.03. The molecule has 0 spiro atoms. The Morgan fingerprint density at radius 1 is 0.969 bits per heavy atom. The Bertz CT molecular complexity index is 1330. The SMILES string of the molecule is O=C(Cn1c(C2CC(=O)N(c3cccc(Cl)c3)C2)nc2ccccc21)c1ccc(Cl)cc1. The maximum absolute atomic E-state index is 13.0. The van der Waals surface area contributed by atoms with Gasteiger partial charge in [0, 0.05) is 40.2 Å². The van der Waals surface area contributed by atoms with Gasteiger partial charge in [0.25, 0.3) is 0 Å². The lowest BCUT2D eigenvalue weighted by atomic mass is 10.1. The number of halogens is 2.